The lowest BCUT2D eigenvalue weighted by atomic mass is 9.85. The lowest BCUT2D eigenvalue weighted by molar-refractivity contribution is 0.168. The van der Waals surface area contributed by atoms with E-state index in [4.69, 9.17) is 4.43 Å². The van der Waals surface area contributed by atoms with E-state index in [1.807, 2.05) is 60.7 Å². The first-order valence-corrected chi connectivity index (χ1v) is 6.88. The summed E-state index contributed by atoms with van der Waals surface area (Å²) in [5.41, 5.74) is -0.0859. The number of rotatable bonds is 5. The van der Waals surface area contributed by atoms with Crippen LogP contribution in [0.1, 0.15) is 17.5 Å². The molecule has 0 aliphatic rings. The summed E-state index contributed by atoms with van der Waals surface area (Å²) in [7, 11) is 0.640. The second-order valence-corrected chi connectivity index (χ2v) is 4.85. The van der Waals surface area contributed by atoms with Crippen LogP contribution in [0.4, 0.5) is 4.39 Å². The average molecular weight is 260 g/mol. The van der Waals surface area contributed by atoms with Gasteiger partial charge in [0.15, 0.2) is 5.67 Å². The van der Waals surface area contributed by atoms with Gasteiger partial charge in [-0.3, -0.25) is 0 Å². The van der Waals surface area contributed by atoms with Crippen LogP contribution in [0.2, 0.25) is 0 Å². The summed E-state index contributed by atoms with van der Waals surface area (Å²) in [4.78, 5) is 0. The molecule has 0 aromatic heterocycles. The molecule has 0 heterocycles. The Morgan fingerprint density at radius 3 is 1.72 bits per heavy atom. The molecule has 2 rings (SSSR count). The molecule has 0 spiro atoms. The first-order valence-electron chi connectivity index (χ1n) is 6.06. The summed E-state index contributed by atoms with van der Waals surface area (Å²) in [6, 6.07) is 18.6. The maximum absolute atomic E-state index is 15.4. The van der Waals surface area contributed by atoms with E-state index in [1.165, 1.54) is 0 Å². The Morgan fingerprint density at radius 1 is 0.889 bits per heavy atom. The van der Waals surface area contributed by atoms with Gasteiger partial charge in [0, 0.05) is 13.0 Å². The fourth-order valence-corrected chi connectivity index (χ4v) is 2.31. The molecule has 0 fully saturated rings. The van der Waals surface area contributed by atoms with E-state index in [9.17, 15) is 0 Å². The van der Waals surface area contributed by atoms with Crippen molar-refractivity contribution in [3.8, 4) is 0 Å². The second-order valence-electron chi connectivity index (χ2n) is 4.28. The van der Waals surface area contributed by atoms with Crippen LogP contribution < -0.4 is 0 Å². The minimum absolute atomic E-state index is 0.352. The van der Waals surface area contributed by atoms with Crippen molar-refractivity contribution in [3.63, 3.8) is 0 Å². The van der Waals surface area contributed by atoms with Crippen LogP contribution in [0.25, 0.3) is 0 Å². The molecule has 0 amide bonds. The van der Waals surface area contributed by atoms with E-state index in [-0.39, 0.29) is 0 Å². The van der Waals surface area contributed by atoms with Crippen LogP contribution in [0.15, 0.2) is 60.7 Å². The number of hydrogen-bond donors (Lipinski definition) is 0. The highest BCUT2D eigenvalue weighted by molar-refractivity contribution is 5.97. The number of alkyl halides is 1. The lowest BCUT2D eigenvalue weighted by Crippen LogP contribution is -2.23. The third-order valence-electron chi connectivity index (χ3n) is 3.11. The quantitative estimate of drug-likeness (QED) is 0.751. The Labute approximate surface area is 110 Å². The topological polar surface area (TPSA) is 9.23 Å². The molecule has 0 N–H and O–H groups in total. The minimum Gasteiger partial charge on any atom is -0.428 e. The van der Waals surface area contributed by atoms with Gasteiger partial charge < -0.3 is 4.43 Å². The summed E-state index contributed by atoms with van der Waals surface area (Å²) in [5, 5.41) is 0. The standard InChI is InChI=1S/C15H17FOSi/c16-15(11-12-17-18,13-7-3-1-4-8-13)14-9-5-2-6-10-14/h1-10H,11-12H2,18H3. The maximum atomic E-state index is 15.4. The van der Waals surface area contributed by atoms with Crippen molar-refractivity contribution in [2.75, 3.05) is 6.61 Å². The lowest BCUT2D eigenvalue weighted by Gasteiger charge is -2.26. The second kappa shape index (κ2) is 5.93. The molecule has 94 valence electrons. The van der Waals surface area contributed by atoms with E-state index >= 15 is 4.39 Å². The van der Waals surface area contributed by atoms with Crippen molar-refractivity contribution in [1.29, 1.82) is 0 Å². The summed E-state index contributed by atoms with van der Waals surface area (Å²) in [6.07, 6.45) is 0.352. The van der Waals surface area contributed by atoms with Gasteiger partial charge in [-0.25, -0.2) is 4.39 Å². The Hall–Kier alpha value is -1.45. The van der Waals surface area contributed by atoms with Crippen molar-refractivity contribution in [1.82, 2.24) is 0 Å². The Bertz CT molecular complexity index is 433. The molecular formula is C15H17FOSi. The van der Waals surface area contributed by atoms with Crippen LogP contribution in [0.3, 0.4) is 0 Å². The van der Waals surface area contributed by atoms with Crippen LogP contribution >= 0.6 is 0 Å². The van der Waals surface area contributed by atoms with Gasteiger partial charge in [-0.15, -0.1) is 0 Å². The first kappa shape index (κ1) is 13.0. The maximum Gasteiger partial charge on any atom is 0.163 e. The molecule has 3 heteroatoms. The first-order chi connectivity index (χ1) is 8.77. The highest BCUT2D eigenvalue weighted by Crippen LogP contribution is 2.36. The molecule has 0 atom stereocenters. The van der Waals surface area contributed by atoms with Gasteiger partial charge in [0.2, 0.25) is 0 Å². The van der Waals surface area contributed by atoms with Gasteiger partial charge in [-0.1, -0.05) is 60.7 Å². The normalized spacial score (nSPS) is 11.6. The van der Waals surface area contributed by atoms with E-state index in [0.29, 0.717) is 34.6 Å². The van der Waals surface area contributed by atoms with Crippen LogP contribution in [0, 0.1) is 0 Å². The summed E-state index contributed by atoms with van der Waals surface area (Å²) >= 11 is 0. The summed E-state index contributed by atoms with van der Waals surface area (Å²) < 4.78 is 20.6. The van der Waals surface area contributed by atoms with Gasteiger partial charge >= 0.3 is 0 Å². The number of benzene rings is 2. The average Bonchev–Trinajstić information content (AvgIpc) is 2.46. The predicted molar refractivity (Wildman–Crippen MR) is 75.3 cm³/mol. The van der Waals surface area contributed by atoms with E-state index < -0.39 is 5.67 Å². The Balaban J connectivity index is 2.41. The fraction of sp³-hybridized carbons (Fsp3) is 0.200. The molecule has 0 radical (unpaired) electrons. The largest absolute Gasteiger partial charge is 0.428 e. The number of halogens is 1. The van der Waals surface area contributed by atoms with Crippen molar-refractivity contribution < 1.29 is 8.82 Å². The van der Waals surface area contributed by atoms with Crippen molar-refractivity contribution in [3.05, 3.63) is 71.8 Å². The van der Waals surface area contributed by atoms with E-state index in [0.717, 1.165) is 0 Å². The van der Waals surface area contributed by atoms with E-state index in [1.54, 1.807) is 0 Å². The van der Waals surface area contributed by atoms with Crippen molar-refractivity contribution in [2.24, 2.45) is 0 Å². The summed E-state index contributed by atoms with van der Waals surface area (Å²) in [6.45, 7) is 0.451. The highest BCUT2D eigenvalue weighted by Gasteiger charge is 2.33. The Morgan fingerprint density at radius 2 is 1.33 bits per heavy atom. The molecule has 0 unspecified atom stereocenters. The van der Waals surface area contributed by atoms with Crippen LogP contribution in [0.5, 0.6) is 0 Å². The molecule has 1 nitrogen and oxygen atoms in total. The molecule has 18 heavy (non-hydrogen) atoms. The zero-order chi connectivity index (χ0) is 12.8. The van der Waals surface area contributed by atoms with Crippen molar-refractivity contribution in [2.45, 2.75) is 12.1 Å². The molecule has 0 bridgehead atoms. The molecule has 2 aromatic carbocycles. The molecule has 0 aliphatic heterocycles. The van der Waals surface area contributed by atoms with Gasteiger partial charge in [0.25, 0.3) is 0 Å². The van der Waals surface area contributed by atoms with Gasteiger partial charge in [0.1, 0.15) is 10.5 Å². The van der Waals surface area contributed by atoms with E-state index in [2.05, 4.69) is 0 Å². The smallest absolute Gasteiger partial charge is 0.163 e. The van der Waals surface area contributed by atoms with Crippen LogP contribution in [-0.4, -0.2) is 17.1 Å². The number of hydrogen-bond acceptors (Lipinski definition) is 1. The van der Waals surface area contributed by atoms with Gasteiger partial charge in [0.05, 0.1) is 0 Å². The third-order valence-corrected chi connectivity index (χ3v) is 3.52. The zero-order valence-electron chi connectivity index (χ0n) is 10.5. The van der Waals surface area contributed by atoms with Gasteiger partial charge in [-0.05, 0) is 11.1 Å². The molecule has 2 aromatic rings. The Kier molecular flexibility index (Phi) is 4.28. The zero-order valence-corrected chi connectivity index (χ0v) is 12.5. The van der Waals surface area contributed by atoms with Gasteiger partial charge in [-0.2, -0.15) is 0 Å². The highest BCUT2D eigenvalue weighted by atomic mass is 28.2. The monoisotopic (exact) mass is 260 g/mol. The summed E-state index contributed by atoms with van der Waals surface area (Å²) in [5.74, 6) is 0. The molecular weight excluding hydrogens is 243 g/mol. The molecule has 0 saturated heterocycles. The fourth-order valence-electron chi connectivity index (χ4n) is 2.10. The van der Waals surface area contributed by atoms with Crippen LogP contribution in [-0.2, 0) is 10.1 Å². The SMILES string of the molecule is FC(CCO[SiH3])(c1ccccc1)c1ccccc1. The third kappa shape index (κ3) is 2.68. The minimum atomic E-state index is -1.47. The molecule has 0 saturated carbocycles. The van der Waals surface area contributed by atoms with Crippen molar-refractivity contribution >= 4 is 10.5 Å². The molecule has 0 aliphatic carbocycles. The predicted octanol–water partition coefficient (Wildman–Crippen LogP) is 2.59.